The highest BCUT2D eigenvalue weighted by Gasteiger charge is 2.11. The van der Waals surface area contributed by atoms with Crippen molar-refractivity contribution in [3.8, 4) is 0 Å². The number of rotatable bonds is 5. The zero-order valence-electron chi connectivity index (χ0n) is 16.6. The Hall–Kier alpha value is -1.85. The number of benzene rings is 2. The molecule has 142 valence electrons. The first kappa shape index (κ1) is 19.9. The van der Waals surface area contributed by atoms with Gasteiger partial charge in [0.1, 0.15) is 0 Å². The number of fused-ring (bicyclic) bond motifs is 1. The van der Waals surface area contributed by atoms with Crippen LogP contribution in [0.25, 0.3) is 10.2 Å². The number of thiazole rings is 1. The minimum absolute atomic E-state index is 0.0776. The van der Waals surface area contributed by atoms with Crippen LogP contribution in [0.15, 0.2) is 35.3 Å². The van der Waals surface area contributed by atoms with Crippen LogP contribution in [0.4, 0.5) is 0 Å². The predicted molar refractivity (Wildman–Crippen MR) is 118 cm³/mol. The van der Waals surface area contributed by atoms with E-state index in [-0.39, 0.29) is 5.91 Å². The third kappa shape index (κ3) is 4.53. The third-order valence-electron chi connectivity index (χ3n) is 4.75. The van der Waals surface area contributed by atoms with Crippen LogP contribution in [0.1, 0.15) is 27.8 Å². The molecular formula is C22H26N2OS2. The molecule has 1 heterocycles. The van der Waals surface area contributed by atoms with E-state index in [1.807, 2.05) is 0 Å². The Labute approximate surface area is 169 Å². The lowest BCUT2D eigenvalue weighted by atomic mass is 9.97. The molecule has 0 aliphatic heterocycles. The fourth-order valence-corrected chi connectivity index (χ4v) is 4.99. The lowest BCUT2D eigenvalue weighted by Crippen LogP contribution is -2.19. The summed E-state index contributed by atoms with van der Waals surface area (Å²) in [4.78, 5) is 18.1. The largest absolute Gasteiger partial charge is 0.316 e. The minimum atomic E-state index is -0.0776. The van der Waals surface area contributed by atoms with Gasteiger partial charge in [-0.1, -0.05) is 35.1 Å². The molecule has 0 aliphatic rings. The first-order valence-corrected chi connectivity index (χ1v) is 11.3. The minimum Gasteiger partial charge on any atom is -0.316 e. The van der Waals surface area contributed by atoms with Gasteiger partial charge in [-0.25, -0.2) is 0 Å². The Balaban J connectivity index is 2.00. The summed E-state index contributed by atoms with van der Waals surface area (Å²) in [5.41, 5.74) is 7.05. The number of thioether (sulfide) groups is 1. The molecule has 3 nitrogen and oxygen atoms in total. The smallest absolute Gasteiger partial charge is 0.252 e. The highest BCUT2D eigenvalue weighted by Crippen LogP contribution is 2.20. The Morgan fingerprint density at radius 1 is 1.07 bits per heavy atom. The van der Waals surface area contributed by atoms with Crippen molar-refractivity contribution >= 4 is 39.2 Å². The second-order valence-corrected chi connectivity index (χ2v) is 9.05. The van der Waals surface area contributed by atoms with Crippen molar-refractivity contribution in [1.82, 2.24) is 4.57 Å². The fourth-order valence-electron chi connectivity index (χ4n) is 3.45. The number of hydrogen-bond donors (Lipinski definition) is 0. The zero-order chi connectivity index (χ0) is 19.6. The molecule has 0 unspecified atom stereocenters. The van der Waals surface area contributed by atoms with Crippen LogP contribution >= 0.6 is 23.1 Å². The van der Waals surface area contributed by atoms with E-state index in [9.17, 15) is 4.79 Å². The lowest BCUT2D eigenvalue weighted by Gasteiger charge is -2.09. The van der Waals surface area contributed by atoms with Gasteiger partial charge in [0.2, 0.25) is 0 Å². The zero-order valence-corrected chi connectivity index (χ0v) is 18.3. The van der Waals surface area contributed by atoms with Gasteiger partial charge in [-0.05, 0) is 68.3 Å². The van der Waals surface area contributed by atoms with Crippen LogP contribution in [0.5, 0.6) is 0 Å². The third-order valence-corrected chi connectivity index (χ3v) is 6.38. The van der Waals surface area contributed by atoms with Crippen molar-refractivity contribution < 1.29 is 4.79 Å². The molecule has 0 spiro atoms. The average Bonchev–Trinajstić information content (AvgIpc) is 2.92. The highest BCUT2D eigenvalue weighted by molar-refractivity contribution is 7.98. The Bertz CT molecular complexity index is 1040. The van der Waals surface area contributed by atoms with Crippen molar-refractivity contribution in [3.63, 3.8) is 0 Å². The maximum Gasteiger partial charge on any atom is 0.252 e. The van der Waals surface area contributed by atoms with Gasteiger partial charge < -0.3 is 4.57 Å². The van der Waals surface area contributed by atoms with E-state index < -0.39 is 0 Å². The van der Waals surface area contributed by atoms with Crippen LogP contribution in [0.2, 0.25) is 0 Å². The van der Waals surface area contributed by atoms with Crippen molar-refractivity contribution in [2.24, 2.45) is 4.99 Å². The lowest BCUT2D eigenvalue weighted by molar-refractivity contribution is -0.117. The SMILES string of the molecule is CSCCn1c(=NC(=O)Cc2c(C)cc(C)cc2C)sc2cc(C)ccc21. The van der Waals surface area contributed by atoms with Gasteiger partial charge in [-0.15, -0.1) is 0 Å². The molecule has 5 heteroatoms. The van der Waals surface area contributed by atoms with E-state index in [4.69, 9.17) is 0 Å². The van der Waals surface area contributed by atoms with Crippen LogP contribution in [0, 0.1) is 27.7 Å². The normalized spacial score (nSPS) is 12.1. The van der Waals surface area contributed by atoms with Gasteiger partial charge in [0.25, 0.3) is 5.91 Å². The van der Waals surface area contributed by atoms with E-state index in [1.54, 1.807) is 23.1 Å². The number of hydrogen-bond acceptors (Lipinski definition) is 3. The molecule has 0 aliphatic carbocycles. The standard InChI is InChI=1S/C22H26N2OS2/c1-14-6-7-19-20(12-14)27-22(24(19)8-9-26-5)23-21(25)13-18-16(3)10-15(2)11-17(18)4/h6-7,10-12H,8-9,13H2,1-5H3. The molecule has 3 aromatic rings. The van der Waals surface area contributed by atoms with E-state index in [0.717, 1.165) is 28.2 Å². The number of aryl methyl sites for hydroxylation is 5. The van der Waals surface area contributed by atoms with E-state index in [2.05, 4.69) is 73.8 Å². The van der Waals surface area contributed by atoms with Crippen LogP contribution in [0.3, 0.4) is 0 Å². The summed E-state index contributed by atoms with van der Waals surface area (Å²) in [5, 5.41) is 0. The number of aromatic nitrogens is 1. The number of carbonyl (C=O) groups excluding carboxylic acids is 1. The molecular weight excluding hydrogens is 372 g/mol. The molecule has 0 fully saturated rings. The van der Waals surface area contributed by atoms with Crippen molar-refractivity contribution in [2.75, 3.05) is 12.0 Å². The summed E-state index contributed by atoms with van der Waals surface area (Å²) in [5.74, 6) is 0.920. The van der Waals surface area contributed by atoms with Crippen LogP contribution < -0.4 is 4.80 Å². The van der Waals surface area contributed by atoms with Crippen LogP contribution in [-0.4, -0.2) is 22.5 Å². The second-order valence-electron chi connectivity index (χ2n) is 7.06. The number of nitrogens with zero attached hydrogens (tertiary/aromatic N) is 2. The first-order valence-electron chi connectivity index (χ1n) is 9.12. The molecule has 0 saturated heterocycles. The topological polar surface area (TPSA) is 34.4 Å². The van der Waals surface area contributed by atoms with E-state index in [1.165, 1.54) is 27.0 Å². The second kappa shape index (κ2) is 8.44. The number of amides is 1. The van der Waals surface area contributed by atoms with Crippen molar-refractivity contribution in [1.29, 1.82) is 0 Å². The molecule has 3 rings (SSSR count). The molecule has 0 bridgehead atoms. The Kier molecular flexibility index (Phi) is 6.22. The van der Waals surface area contributed by atoms with Crippen molar-refractivity contribution in [2.45, 2.75) is 40.7 Å². The molecule has 0 N–H and O–H groups in total. The molecule has 0 atom stereocenters. The van der Waals surface area contributed by atoms with Gasteiger partial charge in [0.05, 0.1) is 16.6 Å². The quantitative estimate of drug-likeness (QED) is 0.608. The van der Waals surface area contributed by atoms with Gasteiger partial charge >= 0.3 is 0 Å². The monoisotopic (exact) mass is 398 g/mol. The molecule has 27 heavy (non-hydrogen) atoms. The molecule has 1 aromatic heterocycles. The van der Waals surface area contributed by atoms with Gasteiger partial charge in [0.15, 0.2) is 4.80 Å². The summed E-state index contributed by atoms with van der Waals surface area (Å²) in [6, 6.07) is 10.7. The number of carbonyl (C=O) groups is 1. The summed E-state index contributed by atoms with van der Waals surface area (Å²) < 4.78 is 3.37. The fraction of sp³-hybridized carbons (Fsp3) is 0.364. The summed E-state index contributed by atoms with van der Waals surface area (Å²) >= 11 is 3.41. The van der Waals surface area contributed by atoms with Gasteiger partial charge in [-0.2, -0.15) is 16.8 Å². The average molecular weight is 399 g/mol. The van der Waals surface area contributed by atoms with Gasteiger partial charge in [-0.3, -0.25) is 4.79 Å². The van der Waals surface area contributed by atoms with Gasteiger partial charge in [0, 0.05) is 12.3 Å². The summed E-state index contributed by atoms with van der Waals surface area (Å²) in [6.07, 6.45) is 2.46. The summed E-state index contributed by atoms with van der Waals surface area (Å²) in [6.45, 7) is 9.19. The van der Waals surface area contributed by atoms with E-state index in [0.29, 0.717) is 6.42 Å². The molecule has 0 radical (unpaired) electrons. The molecule has 1 amide bonds. The molecule has 2 aromatic carbocycles. The predicted octanol–water partition coefficient (Wildman–Crippen LogP) is 4.97. The highest BCUT2D eigenvalue weighted by atomic mass is 32.2. The maximum absolute atomic E-state index is 12.8. The molecule has 0 saturated carbocycles. The van der Waals surface area contributed by atoms with Crippen molar-refractivity contribution in [3.05, 3.63) is 63.0 Å². The maximum atomic E-state index is 12.8. The Morgan fingerprint density at radius 3 is 2.44 bits per heavy atom. The van der Waals surface area contributed by atoms with E-state index >= 15 is 0 Å². The first-order chi connectivity index (χ1) is 12.9. The van der Waals surface area contributed by atoms with Crippen LogP contribution in [-0.2, 0) is 17.8 Å². The summed E-state index contributed by atoms with van der Waals surface area (Å²) in [7, 11) is 0. The Morgan fingerprint density at radius 2 is 1.78 bits per heavy atom.